The Kier molecular flexibility index (Phi) is 4.87. The van der Waals surface area contributed by atoms with E-state index in [4.69, 9.17) is 0 Å². The molecule has 1 fully saturated rings. The van der Waals surface area contributed by atoms with Crippen molar-refractivity contribution >= 4 is 17.4 Å². The molecule has 0 spiro atoms. The number of carbonyl (C=O) groups excluding carboxylic acids is 1. The van der Waals surface area contributed by atoms with Crippen molar-refractivity contribution in [3.63, 3.8) is 0 Å². The van der Waals surface area contributed by atoms with Gasteiger partial charge in [0.25, 0.3) is 5.91 Å². The van der Waals surface area contributed by atoms with Crippen molar-refractivity contribution in [3.05, 3.63) is 47.2 Å². The van der Waals surface area contributed by atoms with Crippen LogP contribution in [0, 0.1) is 24.4 Å². The summed E-state index contributed by atoms with van der Waals surface area (Å²) >= 11 is 0. The van der Waals surface area contributed by atoms with E-state index in [1.165, 1.54) is 6.07 Å². The molecule has 132 valence electrons. The highest BCUT2D eigenvalue weighted by Crippen LogP contribution is 2.22. The second kappa shape index (κ2) is 7.08. The Balaban J connectivity index is 1.85. The number of hydrogen-bond acceptors (Lipinski definition) is 4. The summed E-state index contributed by atoms with van der Waals surface area (Å²) in [5.74, 6) is -4.09. The van der Waals surface area contributed by atoms with E-state index in [2.05, 4.69) is 20.2 Å². The topological polar surface area (TPSA) is 58.1 Å². The maximum absolute atomic E-state index is 13.7. The molecule has 1 amide bonds. The maximum atomic E-state index is 13.7. The molecule has 1 aliphatic heterocycles. The van der Waals surface area contributed by atoms with E-state index in [-0.39, 0.29) is 5.69 Å². The molecule has 1 aliphatic rings. The van der Waals surface area contributed by atoms with Crippen LogP contribution in [0.25, 0.3) is 0 Å². The number of aryl methyl sites for hydroxylation is 1. The predicted octanol–water partition coefficient (Wildman–Crippen LogP) is 3.44. The first kappa shape index (κ1) is 17.2. The normalized spacial score (nSPS) is 14.5. The fourth-order valence-corrected chi connectivity index (χ4v) is 2.76. The first-order valence-electron chi connectivity index (χ1n) is 8.01. The minimum atomic E-state index is -1.63. The van der Waals surface area contributed by atoms with Crippen molar-refractivity contribution in [2.45, 2.75) is 26.2 Å². The van der Waals surface area contributed by atoms with Gasteiger partial charge in [-0.1, -0.05) is 0 Å². The number of amides is 1. The number of nitrogens with zero attached hydrogens (tertiary/aromatic N) is 3. The Morgan fingerprint density at radius 1 is 1.08 bits per heavy atom. The van der Waals surface area contributed by atoms with Crippen LogP contribution in [0.15, 0.2) is 18.2 Å². The van der Waals surface area contributed by atoms with E-state index in [1.807, 2.05) is 0 Å². The van der Waals surface area contributed by atoms with E-state index in [1.54, 1.807) is 6.92 Å². The number of piperidine rings is 1. The summed E-state index contributed by atoms with van der Waals surface area (Å²) in [6.45, 7) is 3.34. The second-order valence-corrected chi connectivity index (χ2v) is 5.88. The van der Waals surface area contributed by atoms with Gasteiger partial charge in [-0.3, -0.25) is 4.79 Å². The fourth-order valence-electron chi connectivity index (χ4n) is 2.76. The van der Waals surface area contributed by atoms with Gasteiger partial charge < -0.3 is 10.2 Å². The van der Waals surface area contributed by atoms with Gasteiger partial charge in [0.05, 0.1) is 5.69 Å². The molecule has 1 aromatic carbocycles. The van der Waals surface area contributed by atoms with Gasteiger partial charge in [0.15, 0.2) is 17.5 Å². The van der Waals surface area contributed by atoms with E-state index in [9.17, 15) is 18.0 Å². The molecule has 0 unspecified atom stereocenters. The molecule has 2 aromatic rings. The van der Waals surface area contributed by atoms with Crippen LogP contribution in [0.5, 0.6) is 0 Å². The summed E-state index contributed by atoms with van der Waals surface area (Å²) in [6, 6.07) is 3.23. The highest BCUT2D eigenvalue weighted by Gasteiger charge is 2.19. The smallest absolute Gasteiger partial charge is 0.274 e. The summed E-state index contributed by atoms with van der Waals surface area (Å²) < 4.78 is 40.0. The molecule has 0 bridgehead atoms. The lowest BCUT2D eigenvalue weighted by atomic mass is 10.1. The van der Waals surface area contributed by atoms with Gasteiger partial charge in [-0.25, -0.2) is 23.1 Å². The third-order valence-electron chi connectivity index (χ3n) is 4.02. The van der Waals surface area contributed by atoms with Crippen molar-refractivity contribution < 1.29 is 18.0 Å². The first-order valence-corrected chi connectivity index (χ1v) is 8.01. The zero-order valence-corrected chi connectivity index (χ0v) is 13.7. The molecule has 0 atom stereocenters. The highest BCUT2D eigenvalue weighted by atomic mass is 19.2. The van der Waals surface area contributed by atoms with Gasteiger partial charge in [-0.05, 0) is 38.3 Å². The van der Waals surface area contributed by atoms with Crippen molar-refractivity contribution in [2.75, 3.05) is 23.3 Å². The predicted molar refractivity (Wildman–Crippen MR) is 87.1 cm³/mol. The molecule has 25 heavy (non-hydrogen) atoms. The Labute approximate surface area is 142 Å². The van der Waals surface area contributed by atoms with Gasteiger partial charge in [0.2, 0.25) is 0 Å². The number of rotatable bonds is 3. The molecule has 0 saturated carbocycles. The largest absolute Gasteiger partial charge is 0.356 e. The minimum Gasteiger partial charge on any atom is -0.356 e. The zero-order chi connectivity index (χ0) is 18.0. The van der Waals surface area contributed by atoms with E-state index >= 15 is 0 Å². The Hall–Kier alpha value is -2.64. The zero-order valence-electron chi connectivity index (χ0n) is 13.7. The second-order valence-electron chi connectivity index (χ2n) is 5.88. The molecule has 5 nitrogen and oxygen atoms in total. The average Bonchev–Trinajstić information content (AvgIpc) is 2.62. The number of hydrogen-bond donors (Lipinski definition) is 1. The average molecular weight is 350 g/mol. The van der Waals surface area contributed by atoms with Crippen LogP contribution in [0.3, 0.4) is 0 Å². The third-order valence-corrected chi connectivity index (χ3v) is 4.02. The summed E-state index contributed by atoms with van der Waals surface area (Å²) in [7, 11) is 0. The van der Waals surface area contributed by atoms with Crippen LogP contribution in [-0.4, -0.2) is 29.0 Å². The first-order chi connectivity index (χ1) is 12.0. The monoisotopic (exact) mass is 350 g/mol. The van der Waals surface area contributed by atoms with Gasteiger partial charge in [0.1, 0.15) is 17.3 Å². The summed E-state index contributed by atoms with van der Waals surface area (Å²) in [5, 5.41) is 2.22. The molecule has 0 radical (unpaired) electrons. The maximum Gasteiger partial charge on any atom is 0.274 e. The number of anilines is 2. The number of halogens is 3. The third kappa shape index (κ3) is 3.72. The van der Waals surface area contributed by atoms with Gasteiger partial charge in [-0.2, -0.15) is 0 Å². The lowest BCUT2D eigenvalue weighted by Crippen LogP contribution is -2.31. The lowest BCUT2D eigenvalue weighted by Gasteiger charge is -2.28. The number of benzene rings is 1. The minimum absolute atomic E-state index is 0.0391. The molecule has 1 saturated heterocycles. The van der Waals surface area contributed by atoms with Crippen LogP contribution in [0.2, 0.25) is 0 Å². The van der Waals surface area contributed by atoms with Crippen molar-refractivity contribution in [1.29, 1.82) is 0 Å². The molecular formula is C17H17F3N4O. The van der Waals surface area contributed by atoms with Crippen LogP contribution in [-0.2, 0) is 0 Å². The van der Waals surface area contributed by atoms with Crippen LogP contribution < -0.4 is 10.2 Å². The molecule has 0 aliphatic carbocycles. The van der Waals surface area contributed by atoms with Gasteiger partial charge in [-0.15, -0.1) is 0 Å². The van der Waals surface area contributed by atoms with Crippen LogP contribution >= 0.6 is 0 Å². The quantitative estimate of drug-likeness (QED) is 0.862. The standard InChI is InChI=1S/C17H17F3N4O/c1-10-21-13(9-14(22-10)24-7-3-2-4-8-24)17(25)23-12-6-5-11(18)15(19)16(12)20/h5-6,9H,2-4,7-8H2,1H3,(H,23,25). The van der Waals surface area contributed by atoms with Crippen molar-refractivity contribution in [1.82, 2.24) is 9.97 Å². The van der Waals surface area contributed by atoms with Gasteiger partial charge in [0, 0.05) is 19.2 Å². The van der Waals surface area contributed by atoms with Crippen LogP contribution in [0.1, 0.15) is 35.6 Å². The molecule has 2 heterocycles. The van der Waals surface area contributed by atoms with E-state index in [0.717, 1.165) is 44.5 Å². The Morgan fingerprint density at radius 2 is 1.80 bits per heavy atom. The van der Waals surface area contributed by atoms with Crippen LogP contribution in [0.4, 0.5) is 24.7 Å². The molecule has 3 rings (SSSR count). The summed E-state index contributed by atoms with van der Waals surface area (Å²) in [4.78, 5) is 22.8. The Morgan fingerprint density at radius 3 is 2.52 bits per heavy atom. The SMILES string of the molecule is Cc1nc(C(=O)Nc2ccc(F)c(F)c2F)cc(N2CCCCC2)n1. The molecular weight excluding hydrogens is 333 g/mol. The lowest BCUT2D eigenvalue weighted by molar-refractivity contribution is 0.102. The van der Waals surface area contributed by atoms with E-state index in [0.29, 0.717) is 11.6 Å². The van der Waals surface area contributed by atoms with Crippen molar-refractivity contribution in [2.24, 2.45) is 0 Å². The molecule has 1 aromatic heterocycles. The molecule has 1 N–H and O–H groups in total. The van der Waals surface area contributed by atoms with E-state index < -0.39 is 29.0 Å². The van der Waals surface area contributed by atoms with Gasteiger partial charge >= 0.3 is 0 Å². The summed E-state index contributed by atoms with van der Waals surface area (Å²) in [5.41, 5.74) is -0.406. The van der Waals surface area contributed by atoms with Crippen molar-refractivity contribution in [3.8, 4) is 0 Å². The highest BCUT2D eigenvalue weighted by molar-refractivity contribution is 6.03. The summed E-state index contributed by atoms with van der Waals surface area (Å²) in [6.07, 6.45) is 3.25. The number of nitrogens with one attached hydrogen (secondary N) is 1. The number of carbonyl (C=O) groups is 1. The number of aromatic nitrogens is 2. The Bertz CT molecular complexity index is 807. The fraction of sp³-hybridized carbons (Fsp3) is 0.353. The molecule has 8 heteroatoms.